The molecule has 3 heterocycles. The molecule has 2 saturated heterocycles. The van der Waals surface area contributed by atoms with E-state index in [1.165, 1.54) is 9.91 Å². The largest absolute Gasteiger partial charge is 0.480 e. The van der Waals surface area contributed by atoms with Gasteiger partial charge < -0.3 is 9.84 Å². The van der Waals surface area contributed by atoms with Gasteiger partial charge in [0.25, 0.3) is 17.7 Å². The highest BCUT2D eigenvalue weighted by Crippen LogP contribution is 2.26. The summed E-state index contributed by atoms with van der Waals surface area (Å²) < 4.78 is 5.19. The Hall–Kier alpha value is -3.80. The predicted octanol–water partition coefficient (Wildman–Crippen LogP) is 0.956. The lowest BCUT2D eigenvalue weighted by atomic mass is 10.0. The van der Waals surface area contributed by atoms with Gasteiger partial charge in [-0.2, -0.15) is 0 Å². The van der Waals surface area contributed by atoms with Crippen LogP contribution >= 0.6 is 0 Å². The van der Waals surface area contributed by atoms with Crippen LogP contribution in [0.15, 0.2) is 24.3 Å². The number of hydrogen-bond donors (Lipinski definition) is 2. The first-order chi connectivity index (χ1) is 18.2. The number of aliphatic carboxylic acids is 1. The minimum absolute atomic E-state index is 0.0293. The van der Waals surface area contributed by atoms with Crippen molar-refractivity contribution in [2.75, 3.05) is 19.7 Å². The summed E-state index contributed by atoms with van der Waals surface area (Å²) in [6.07, 6.45) is 1.98. The third-order valence-corrected chi connectivity index (χ3v) is 7.12. The topological polar surface area (TPSA) is 154 Å². The Morgan fingerprint density at radius 1 is 1.08 bits per heavy atom. The fourth-order valence-corrected chi connectivity index (χ4v) is 5.23. The second-order valence-electron chi connectivity index (χ2n) is 9.56. The number of carboxylic acids is 1. The number of carbonyl (C=O) groups excluding carboxylic acids is 5. The molecule has 38 heavy (non-hydrogen) atoms. The molecule has 4 amide bonds. The van der Waals surface area contributed by atoms with Gasteiger partial charge >= 0.3 is 11.9 Å². The second kappa shape index (κ2) is 11.7. The Kier molecular flexibility index (Phi) is 8.40. The molecule has 2 fully saturated rings. The van der Waals surface area contributed by atoms with E-state index in [1.54, 1.807) is 31.2 Å². The van der Waals surface area contributed by atoms with E-state index in [9.17, 15) is 33.9 Å². The molecule has 3 aliphatic rings. The summed E-state index contributed by atoms with van der Waals surface area (Å²) >= 11 is 0. The van der Waals surface area contributed by atoms with Gasteiger partial charge in [-0.15, -0.1) is 0 Å². The number of nitrogens with zero attached hydrogens (tertiary/aromatic N) is 3. The van der Waals surface area contributed by atoms with Crippen molar-refractivity contribution in [3.8, 4) is 0 Å². The van der Waals surface area contributed by atoms with Gasteiger partial charge in [-0.1, -0.05) is 12.1 Å². The number of hydrazine groups is 1. The van der Waals surface area contributed by atoms with Gasteiger partial charge in [0.05, 0.1) is 23.8 Å². The number of nitrogens with one attached hydrogen (secondary N) is 1. The Morgan fingerprint density at radius 2 is 1.76 bits per heavy atom. The zero-order chi connectivity index (χ0) is 27.4. The SMILES string of the molecule is CCOC(=O)[C@H](CCCCN1C(=O)c2ccccc2C1=O)N[C@H]1CCC(=O)N2CCC[C@@H](C(=O)O)N2C1=O. The molecule has 0 saturated carbocycles. The number of amides is 4. The van der Waals surface area contributed by atoms with Crippen LogP contribution in [0.25, 0.3) is 0 Å². The molecule has 0 radical (unpaired) electrons. The quantitative estimate of drug-likeness (QED) is 0.257. The van der Waals surface area contributed by atoms with E-state index in [0.29, 0.717) is 30.4 Å². The molecule has 12 nitrogen and oxygen atoms in total. The first-order valence-corrected chi connectivity index (χ1v) is 13.0. The Balaban J connectivity index is 1.40. The summed E-state index contributed by atoms with van der Waals surface area (Å²) in [7, 11) is 0. The number of carbonyl (C=O) groups is 6. The highest BCUT2D eigenvalue weighted by atomic mass is 16.5. The molecule has 0 spiro atoms. The fraction of sp³-hybridized carbons (Fsp3) is 0.538. The number of carboxylic acid groups (broad SMARTS) is 1. The third kappa shape index (κ3) is 5.40. The van der Waals surface area contributed by atoms with Crippen LogP contribution < -0.4 is 5.32 Å². The molecule has 4 rings (SSSR count). The van der Waals surface area contributed by atoms with Gasteiger partial charge in [-0.3, -0.25) is 39.2 Å². The summed E-state index contributed by atoms with van der Waals surface area (Å²) in [5.74, 6) is -3.35. The molecule has 3 atom stereocenters. The van der Waals surface area contributed by atoms with E-state index in [2.05, 4.69) is 5.32 Å². The molecule has 1 aromatic carbocycles. The molecule has 2 N–H and O–H groups in total. The number of benzene rings is 1. The van der Waals surface area contributed by atoms with E-state index in [0.717, 1.165) is 5.01 Å². The minimum atomic E-state index is -1.19. The van der Waals surface area contributed by atoms with Gasteiger partial charge in [0, 0.05) is 19.5 Å². The summed E-state index contributed by atoms with van der Waals surface area (Å²) in [4.78, 5) is 77.0. The highest BCUT2D eigenvalue weighted by molar-refractivity contribution is 6.21. The van der Waals surface area contributed by atoms with Crippen LogP contribution in [-0.2, 0) is 23.9 Å². The lowest BCUT2D eigenvalue weighted by Gasteiger charge is -2.42. The van der Waals surface area contributed by atoms with Crippen molar-refractivity contribution < 1.29 is 38.6 Å². The number of esters is 1. The van der Waals surface area contributed by atoms with Crippen molar-refractivity contribution >= 4 is 35.6 Å². The average molecular weight is 529 g/mol. The van der Waals surface area contributed by atoms with Crippen molar-refractivity contribution in [1.82, 2.24) is 20.2 Å². The number of imide groups is 1. The standard InChI is InChI=1S/C26H32N4O8/c1-2-38-26(37)19(10-5-6-14-28-22(32)16-8-3-4-9-17(16)23(28)33)27-18-12-13-21(31)29-15-7-11-20(25(35)36)30(29)24(18)34/h3-4,8-9,18-20,27H,2,5-7,10-15H2,1H3,(H,35,36)/t18-,19-,20-/m0/s1. The van der Waals surface area contributed by atoms with Gasteiger partial charge in [0.15, 0.2) is 6.04 Å². The van der Waals surface area contributed by atoms with Crippen LogP contribution in [0.3, 0.4) is 0 Å². The van der Waals surface area contributed by atoms with E-state index in [4.69, 9.17) is 4.74 Å². The van der Waals surface area contributed by atoms with Crippen molar-refractivity contribution in [3.63, 3.8) is 0 Å². The molecule has 0 aliphatic carbocycles. The van der Waals surface area contributed by atoms with E-state index in [-0.39, 0.29) is 63.1 Å². The lowest BCUT2D eigenvalue weighted by Crippen LogP contribution is -2.62. The smallest absolute Gasteiger partial charge is 0.328 e. The number of ether oxygens (including phenoxy) is 1. The molecule has 0 aromatic heterocycles. The molecule has 3 aliphatic heterocycles. The predicted molar refractivity (Wildman–Crippen MR) is 131 cm³/mol. The molecule has 1 aromatic rings. The maximum Gasteiger partial charge on any atom is 0.328 e. The number of hydrogen-bond acceptors (Lipinski definition) is 8. The summed E-state index contributed by atoms with van der Waals surface area (Å²) in [5.41, 5.74) is 0.743. The van der Waals surface area contributed by atoms with Crippen LogP contribution in [0.2, 0.25) is 0 Å². The van der Waals surface area contributed by atoms with Gasteiger partial charge in [-0.25, -0.2) is 9.80 Å². The van der Waals surface area contributed by atoms with E-state index in [1.807, 2.05) is 0 Å². The highest BCUT2D eigenvalue weighted by Gasteiger charge is 2.45. The van der Waals surface area contributed by atoms with Crippen molar-refractivity contribution in [2.45, 2.75) is 70.0 Å². The Labute approximate surface area is 219 Å². The molecule has 0 unspecified atom stereocenters. The lowest BCUT2D eigenvalue weighted by molar-refractivity contribution is -0.181. The zero-order valence-corrected chi connectivity index (χ0v) is 21.3. The van der Waals surface area contributed by atoms with Gasteiger partial charge in [0.2, 0.25) is 5.91 Å². The molecular weight excluding hydrogens is 496 g/mol. The Morgan fingerprint density at radius 3 is 2.39 bits per heavy atom. The average Bonchev–Trinajstić information content (AvgIpc) is 3.08. The molecule has 12 heteroatoms. The van der Waals surface area contributed by atoms with Crippen molar-refractivity contribution in [2.24, 2.45) is 0 Å². The first kappa shape index (κ1) is 27.2. The monoisotopic (exact) mass is 528 g/mol. The second-order valence-corrected chi connectivity index (χ2v) is 9.56. The van der Waals surface area contributed by atoms with Crippen molar-refractivity contribution in [1.29, 1.82) is 0 Å². The van der Waals surface area contributed by atoms with Gasteiger partial charge in [-0.05, 0) is 57.6 Å². The maximum absolute atomic E-state index is 13.4. The summed E-state index contributed by atoms with van der Waals surface area (Å²) in [6, 6.07) is 3.64. The summed E-state index contributed by atoms with van der Waals surface area (Å²) in [6.45, 7) is 2.24. The minimum Gasteiger partial charge on any atom is -0.480 e. The van der Waals surface area contributed by atoms with Crippen LogP contribution in [0.1, 0.15) is 72.6 Å². The van der Waals surface area contributed by atoms with Crippen LogP contribution in [0, 0.1) is 0 Å². The number of fused-ring (bicyclic) bond motifs is 2. The van der Waals surface area contributed by atoms with Crippen LogP contribution in [0.5, 0.6) is 0 Å². The van der Waals surface area contributed by atoms with Crippen LogP contribution in [0.4, 0.5) is 0 Å². The van der Waals surface area contributed by atoms with Gasteiger partial charge in [0.1, 0.15) is 6.04 Å². The number of unbranched alkanes of at least 4 members (excludes halogenated alkanes) is 1. The zero-order valence-electron chi connectivity index (χ0n) is 21.3. The molecular formula is C26H32N4O8. The molecule has 204 valence electrons. The molecule has 0 bridgehead atoms. The fourth-order valence-electron chi connectivity index (χ4n) is 5.23. The normalized spacial score (nSPS) is 22.2. The van der Waals surface area contributed by atoms with Crippen molar-refractivity contribution in [3.05, 3.63) is 35.4 Å². The maximum atomic E-state index is 13.4. The van der Waals surface area contributed by atoms with E-state index < -0.39 is 36.0 Å². The number of rotatable bonds is 10. The van der Waals surface area contributed by atoms with Crippen LogP contribution in [-0.4, -0.2) is 93.4 Å². The first-order valence-electron chi connectivity index (χ1n) is 13.0. The summed E-state index contributed by atoms with van der Waals surface area (Å²) in [5, 5.41) is 14.9. The third-order valence-electron chi connectivity index (χ3n) is 7.12. The Bertz CT molecular complexity index is 1100. The van der Waals surface area contributed by atoms with E-state index >= 15 is 0 Å².